The van der Waals surface area contributed by atoms with Gasteiger partial charge in [0.1, 0.15) is 12.1 Å². The molecule has 1 aromatic carbocycles. The number of benzene rings is 1. The minimum atomic E-state index is -2.96. The molecule has 0 radical (unpaired) electrons. The number of nitrogens with one attached hydrogen (secondary N) is 1. The van der Waals surface area contributed by atoms with Crippen molar-refractivity contribution in [1.82, 2.24) is 0 Å². The van der Waals surface area contributed by atoms with E-state index in [-0.39, 0.29) is 23.7 Å². The van der Waals surface area contributed by atoms with Crippen LogP contribution < -0.4 is 5.32 Å². The zero-order chi connectivity index (χ0) is 11.9. The van der Waals surface area contributed by atoms with E-state index in [9.17, 15) is 8.42 Å². The number of hydrogen-bond donors (Lipinski definition) is 1. The van der Waals surface area contributed by atoms with Gasteiger partial charge in [0, 0.05) is 5.69 Å². The molecule has 90 valence electrons. The minimum Gasteiger partial charge on any atom is -0.458 e. The lowest BCUT2D eigenvalue weighted by molar-refractivity contribution is 0.230. The molecular weight excluding hydrogens is 240 g/mol. The fourth-order valence-corrected chi connectivity index (χ4v) is 3.80. The van der Waals surface area contributed by atoms with Gasteiger partial charge in [0.15, 0.2) is 9.84 Å². The number of rotatable bonds is 1. The molecule has 17 heavy (non-hydrogen) atoms. The second-order valence-electron chi connectivity index (χ2n) is 4.23. The van der Waals surface area contributed by atoms with E-state index in [0.717, 1.165) is 5.69 Å². The first-order valence-corrected chi connectivity index (χ1v) is 7.21. The molecule has 0 bridgehead atoms. The van der Waals surface area contributed by atoms with E-state index in [4.69, 9.17) is 4.74 Å². The molecule has 3 rings (SSSR count). The Hall–Kier alpha value is -1.56. The third kappa shape index (κ3) is 2.12. The van der Waals surface area contributed by atoms with Crippen molar-refractivity contribution in [3.8, 4) is 0 Å². The van der Waals surface area contributed by atoms with Crippen LogP contribution in [0.2, 0.25) is 0 Å². The second-order valence-corrected chi connectivity index (χ2v) is 6.38. The zero-order valence-electron chi connectivity index (χ0n) is 9.04. The molecule has 0 aromatic heterocycles. The molecule has 0 amide bonds. The van der Waals surface area contributed by atoms with Gasteiger partial charge < -0.3 is 10.1 Å². The Morgan fingerprint density at radius 3 is 2.71 bits per heavy atom. The number of fused-ring (bicyclic) bond motifs is 1. The molecule has 1 aromatic rings. The van der Waals surface area contributed by atoms with Crippen LogP contribution in [0.1, 0.15) is 0 Å². The van der Waals surface area contributed by atoms with Crippen molar-refractivity contribution in [2.24, 2.45) is 4.99 Å². The lowest BCUT2D eigenvalue weighted by atomic mass is 10.2. The van der Waals surface area contributed by atoms with Gasteiger partial charge >= 0.3 is 0 Å². The summed E-state index contributed by atoms with van der Waals surface area (Å²) in [7, 11) is -2.96. The molecule has 1 fully saturated rings. The number of hydrogen-bond acceptors (Lipinski definition) is 5. The van der Waals surface area contributed by atoms with Crippen molar-refractivity contribution in [1.29, 1.82) is 0 Å². The molecule has 0 saturated carbocycles. The van der Waals surface area contributed by atoms with Crippen LogP contribution in [0, 0.1) is 0 Å². The van der Waals surface area contributed by atoms with Gasteiger partial charge in [-0.05, 0) is 12.1 Å². The lowest BCUT2D eigenvalue weighted by Crippen LogP contribution is -2.22. The second kappa shape index (κ2) is 3.73. The Balaban J connectivity index is 1.73. The van der Waals surface area contributed by atoms with E-state index in [1.165, 1.54) is 0 Å². The summed E-state index contributed by atoms with van der Waals surface area (Å²) in [6.07, 6.45) is -0.314. The van der Waals surface area contributed by atoms with Crippen LogP contribution in [-0.2, 0) is 14.6 Å². The average molecular weight is 252 g/mol. The zero-order valence-corrected chi connectivity index (χ0v) is 9.85. The van der Waals surface area contributed by atoms with Gasteiger partial charge in [-0.1, -0.05) is 18.2 Å². The van der Waals surface area contributed by atoms with Crippen LogP contribution in [0.5, 0.6) is 0 Å². The highest BCUT2D eigenvalue weighted by molar-refractivity contribution is 7.91. The van der Waals surface area contributed by atoms with E-state index in [1.54, 1.807) is 0 Å². The Morgan fingerprint density at radius 1 is 1.24 bits per heavy atom. The first kappa shape index (κ1) is 10.6. The molecule has 0 spiro atoms. The Morgan fingerprint density at radius 2 is 2.00 bits per heavy atom. The third-order valence-electron chi connectivity index (χ3n) is 2.84. The van der Waals surface area contributed by atoms with Crippen LogP contribution in [0.25, 0.3) is 0 Å². The Bertz CT molecular complexity index is 553. The standard InChI is InChI=1S/C11H12N2O3S/c14-17(15)6-9-10(7-17)16-11(13-9)12-8-4-2-1-3-5-8/h1-5,9-10H,6-7H2,(H,12,13)/t9-,10+/m0/s1. The number of amidine groups is 1. The summed E-state index contributed by atoms with van der Waals surface area (Å²) in [4.78, 5) is 4.25. The molecule has 2 atom stereocenters. The third-order valence-corrected chi connectivity index (χ3v) is 4.53. The summed E-state index contributed by atoms with van der Waals surface area (Å²) in [6, 6.07) is 9.70. The smallest absolute Gasteiger partial charge is 0.290 e. The van der Waals surface area contributed by atoms with E-state index < -0.39 is 9.84 Å². The van der Waals surface area contributed by atoms with Gasteiger partial charge in [0.2, 0.25) is 0 Å². The highest BCUT2D eigenvalue weighted by Gasteiger charge is 2.43. The van der Waals surface area contributed by atoms with Gasteiger partial charge in [-0.25, -0.2) is 13.4 Å². The molecule has 2 aliphatic rings. The monoisotopic (exact) mass is 252 g/mol. The van der Waals surface area contributed by atoms with E-state index in [1.807, 2.05) is 30.3 Å². The minimum absolute atomic E-state index is 0.0706. The topological polar surface area (TPSA) is 67.8 Å². The number of sulfone groups is 1. The first-order chi connectivity index (χ1) is 8.12. The van der Waals surface area contributed by atoms with Gasteiger partial charge in [0.05, 0.1) is 11.5 Å². The molecule has 1 N–H and O–H groups in total. The van der Waals surface area contributed by atoms with E-state index in [0.29, 0.717) is 6.02 Å². The van der Waals surface area contributed by atoms with Crippen LogP contribution in [0.15, 0.2) is 35.3 Å². The van der Waals surface area contributed by atoms with Gasteiger partial charge in [-0.15, -0.1) is 0 Å². The van der Waals surface area contributed by atoms with Crippen molar-refractivity contribution < 1.29 is 13.2 Å². The number of para-hydroxylation sites is 1. The van der Waals surface area contributed by atoms with Crippen molar-refractivity contribution in [2.45, 2.75) is 12.1 Å². The highest BCUT2D eigenvalue weighted by atomic mass is 32.2. The van der Waals surface area contributed by atoms with Gasteiger partial charge in [0.25, 0.3) is 6.02 Å². The molecule has 1 saturated heterocycles. The predicted molar refractivity (Wildman–Crippen MR) is 64.8 cm³/mol. The van der Waals surface area contributed by atoms with Gasteiger partial charge in [-0.3, -0.25) is 0 Å². The SMILES string of the molecule is O=S1(=O)C[C@@H]2N=C(Nc3ccccc3)O[C@@H]2C1. The Labute approximate surface area is 99.4 Å². The van der Waals surface area contributed by atoms with Crippen LogP contribution >= 0.6 is 0 Å². The number of aliphatic imine (C=N–C) groups is 1. The quantitative estimate of drug-likeness (QED) is 0.797. The maximum Gasteiger partial charge on any atom is 0.290 e. The first-order valence-electron chi connectivity index (χ1n) is 5.39. The fourth-order valence-electron chi connectivity index (χ4n) is 2.06. The molecule has 0 unspecified atom stereocenters. The highest BCUT2D eigenvalue weighted by Crippen LogP contribution is 2.24. The number of ether oxygens (including phenoxy) is 1. The largest absolute Gasteiger partial charge is 0.458 e. The summed E-state index contributed by atoms with van der Waals surface area (Å²) < 4.78 is 28.2. The summed E-state index contributed by atoms with van der Waals surface area (Å²) in [5, 5.41) is 3.03. The molecular formula is C11H12N2O3S. The van der Waals surface area contributed by atoms with Crippen molar-refractivity contribution in [3.63, 3.8) is 0 Å². The maximum atomic E-state index is 11.3. The maximum absolute atomic E-state index is 11.3. The molecule has 2 aliphatic heterocycles. The van der Waals surface area contributed by atoms with Crippen LogP contribution in [0.3, 0.4) is 0 Å². The van der Waals surface area contributed by atoms with E-state index >= 15 is 0 Å². The molecule has 6 heteroatoms. The summed E-state index contributed by atoms with van der Waals surface area (Å²) in [6.45, 7) is 0. The van der Waals surface area contributed by atoms with Crippen molar-refractivity contribution >= 4 is 21.5 Å². The van der Waals surface area contributed by atoms with Crippen molar-refractivity contribution in [2.75, 3.05) is 16.8 Å². The Kier molecular flexibility index (Phi) is 2.32. The molecule has 2 heterocycles. The van der Waals surface area contributed by atoms with Gasteiger partial charge in [-0.2, -0.15) is 0 Å². The van der Waals surface area contributed by atoms with Crippen LogP contribution in [0.4, 0.5) is 5.69 Å². The van der Waals surface area contributed by atoms with Crippen molar-refractivity contribution in [3.05, 3.63) is 30.3 Å². The predicted octanol–water partition coefficient (Wildman–Crippen LogP) is 0.650. The molecule has 5 nitrogen and oxygen atoms in total. The van der Waals surface area contributed by atoms with Crippen LogP contribution in [-0.4, -0.2) is 38.1 Å². The summed E-state index contributed by atoms with van der Waals surface area (Å²) >= 11 is 0. The fraction of sp³-hybridized carbons (Fsp3) is 0.364. The summed E-state index contributed by atoms with van der Waals surface area (Å²) in [5.74, 6) is 0.165. The van der Waals surface area contributed by atoms with E-state index in [2.05, 4.69) is 10.3 Å². The summed E-state index contributed by atoms with van der Waals surface area (Å²) in [5.41, 5.74) is 0.883. The molecule has 0 aliphatic carbocycles. The number of nitrogens with zero attached hydrogens (tertiary/aromatic N) is 1. The average Bonchev–Trinajstić information content (AvgIpc) is 2.72. The lowest BCUT2D eigenvalue weighted by Gasteiger charge is -2.08. The normalized spacial score (nSPS) is 29.3. The number of anilines is 1.